The van der Waals surface area contributed by atoms with E-state index < -0.39 is 160 Å². The third-order valence-corrected chi connectivity index (χ3v) is 29.2. The van der Waals surface area contributed by atoms with Gasteiger partial charge in [0.05, 0.1) is 72.1 Å². The highest BCUT2D eigenvalue weighted by atomic mass is 28.4. The van der Waals surface area contributed by atoms with Gasteiger partial charge in [-0.25, -0.2) is 24.2 Å². The van der Waals surface area contributed by atoms with Crippen molar-refractivity contribution < 1.29 is 95.9 Å². The van der Waals surface area contributed by atoms with Crippen LogP contribution in [0.3, 0.4) is 0 Å². The number of rotatable bonds is 29. The fraction of sp³-hybridized carbons (Fsp3) is 0.398. The summed E-state index contributed by atoms with van der Waals surface area (Å²) in [6.07, 6.45) is -8.97. The Bertz CT molecular complexity index is 5380. The minimum absolute atomic E-state index is 0.00421. The molecule has 34 nitrogen and oxygen atoms in total. The van der Waals surface area contributed by atoms with E-state index in [0.29, 0.717) is 51.4 Å². The van der Waals surface area contributed by atoms with E-state index in [4.69, 9.17) is 43.1 Å². The summed E-state index contributed by atoms with van der Waals surface area (Å²) in [7, 11) is -5.43. The van der Waals surface area contributed by atoms with Gasteiger partial charge >= 0.3 is 30.0 Å². The van der Waals surface area contributed by atoms with Crippen molar-refractivity contribution >= 4 is 115 Å². The van der Waals surface area contributed by atoms with Crippen LogP contribution >= 0.6 is 0 Å². The van der Waals surface area contributed by atoms with Gasteiger partial charge in [-0.15, -0.1) is 0 Å². The van der Waals surface area contributed by atoms with Gasteiger partial charge in [0.1, 0.15) is 23.9 Å². The smallest absolute Gasteiger partial charge is 0.373 e. The van der Waals surface area contributed by atoms with Crippen molar-refractivity contribution in [3.63, 3.8) is 0 Å². The zero-order valence-electron chi connectivity index (χ0n) is 66.9. The molecule has 8 aromatic rings. The van der Waals surface area contributed by atoms with Crippen LogP contribution in [0, 0.1) is 16.7 Å². The molecule has 626 valence electrons. The number of hydrogen-bond donors (Lipinski definition) is 10. The summed E-state index contributed by atoms with van der Waals surface area (Å²) >= 11 is 0. The molecule has 2 bridgehead atoms. The number of Topliss-reactive ketones (excluding diaryl/α,β-unsaturated/α-hetero) is 1. The van der Waals surface area contributed by atoms with Crippen LogP contribution in [0.25, 0.3) is 21.9 Å². The number of nitrogens with zero attached hydrogens (tertiary/aromatic N) is 5. The first kappa shape index (κ1) is 87.7. The lowest BCUT2D eigenvalue weighted by Gasteiger charge is -2.67. The number of carbonyl (C=O) groups excluding carboxylic acids is 11. The van der Waals surface area contributed by atoms with Gasteiger partial charge in [-0.3, -0.25) is 48.1 Å². The second-order valence-electron chi connectivity index (χ2n) is 31.8. The first-order valence-electron chi connectivity index (χ1n) is 38.5. The number of anilines is 3. The molecular weight excluding hydrogens is 1570 g/mol. The molecule has 5 aromatic carbocycles. The van der Waals surface area contributed by atoms with Crippen LogP contribution < -0.4 is 43.4 Å². The molecule has 4 aliphatic rings. The SMILES string of the molecule is CC(=O)O[C@@]12CO[C@@H]1C[C@H](O)[C@@]1(C)C(=O)[C@H](OC(=O)CCC(=O)NC[Si](C)(C)O[Si](C)(C)CCn3ncc4cc(NC(=O)CCCNC(=O)c5ccc(NCc6cnc7nc(N)[nH]c(=O)c7n6)cc5)ccc4c3=O)C3=C(C)[C@@H](OC(=O)[C@H](O)[C@@H](NC(=O)c4ccccc4)c4ccccc4)C[C@@](O)([C@@H](OC(=O)c4ccccc4)[C@H]21)C3(C)C.O=C=O. The number of nitrogens with one attached hydrogen (secondary N) is 6. The Morgan fingerprint density at radius 3 is 2.08 bits per heavy atom. The van der Waals surface area contributed by atoms with E-state index in [1.165, 1.54) is 56.9 Å². The number of nitrogen functional groups attached to an aromatic ring is 1. The molecule has 4 heterocycles. The minimum Gasteiger partial charge on any atom is -0.456 e. The van der Waals surface area contributed by atoms with Crippen LogP contribution in [0.2, 0.25) is 32.2 Å². The monoisotopic (exact) mass is 1670 g/mol. The number of aliphatic hydroxyl groups is 3. The third-order valence-electron chi connectivity index (χ3n) is 22.3. The number of ketones is 1. The van der Waals surface area contributed by atoms with Crippen molar-refractivity contribution in [1.29, 1.82) is 0 Å². The van der Waals surface area contributed by atoms with Crippen molar-refractivity contribution in [2.45, 2.75) is 172 Å². The van der Waals surface area contributed by atoms with Crippen LogP contribution in [0.15, 0.2) is 167 Å². The summed E-state index contributed by atoms with van der Waals surface area (Å²) < 4.78 is 39.5. The lowest BCUT2D eigenvalue weighted by Crippen LogP contribution is -2.82. The third kappa shape index (κ3) is 19.4. The standard InChI is InChI=1S/C82H94N12O20Si2.CO2/c1-46-57(110-77(107)66(100)64(48-20-13-10-14-21-48)91-73(103)49-22-15-11-16-23-49)40-82(108)70(112-76(106)51-24-17-12-18-25-51)68-80(5,58(96)39-59-81(68,44-109-59)113-47(2)95)69(101)67(63(46)79(82,3)4)111-62(99)34-33-60(97)87-45-116(8,9)114-115(6,7)37-36-94-75(105)56-32-31-54(38-52(56)41-88-94)89-61(98)26-19-35-84-72(102)50-27-29-53(30-28-50)85-42-55-43-86-71-65(90-55)74(104)93-78(83)92-71;2-1-3/h10-18,20-25,27-32,38,41,43,57-59,64,66-68,70,85,96,100,108H,19,26,33-37,39-40,42,44-45H2,1-9H3,(H,84,102)(H,87,97)(H,89,98)(H,91,103)(H3,83,86,92,93,104);/t57-,58-,59+,64-,66+,67+,68-,70-,80+,81-,82+;/m0./s1. The molecule has 3 fully saturated rings. The van der Waals surface area contributed by atoms with Gasteiger partial charge in [0.15, 0.2) is 51.4 Å². The molecule has 4 amide bonds. The van der Waals surface area contributed by atoms with Gasteiger partial charge in [-0.2, -0.15) is 19.7 Å². The zero-order chi connectivity index (χ0) is 86.1. The highest BCUT2D eigenvalue weighted by molar-refractivity contribution is 6.85. The normalized spacial score (nSPS) is 22.1. The maximum atomic E-state index is 16.4. The highest BCUT2D eigenvalue weighted by Crippen LogP contribution is 2.64. The van der Waals surface area contributed by atoms with Crippen LogP contribution in [0.4, 0.5) is 17.3 Å². The van der Waals surface area contributed by atoms with Gasteiger partial charge in [-0.1, -0.05) is 80.6 Å². The number of carbonyl (C=O) groups is 9. The number of benzene rings is 5. The fourth-order valence-corrected chi connectivity index (χ4v) is 24.3. The highest BCUT2D eigenvalue weighted by Gasteiger charge is 2.78. The topological polar surface area (TPSA) is 496 Å². The second-order valence-corrected chi connectivity index (χ2v) is 40.5. The Labute approximate surface area is 684 Å². The molecule has 0 unspecified atom stereocenters. The molecule has 12 rings (SSSR count). The van der Waals surface area contributed by atoms with Gasteiger partial charge in [0.2, 0.25) is 17.8 Å². The molecule has 3 aromatic heterocycles. The molecule has 11 N–H and O–H groups in total. The van der Waals surface area contributed by atoms with Gasteiger partial charge in [0.25, 0.3) is 22.9 Å². The maximum Gasteiger partial charge on any atom is 0.373 e. The predicted octanol–water partition coefficient (Wildman–Crippen LogP) is 5.77. The molecule has 0 radical (unpaired) electrons. The number of ether oxygens (including phenoxy) is 5. The van der Waals surface area contributed by atoms with Crippen LogP contribution in [-0.2, 0) is 79.2 Å². The lowest BCUT2D eigenvalue weighted by molar-refractivity contribution is -0.346. The second kappa shape index (κ2) is 36.4. The molecule has 2 saturated carbocycles. The number of amides is 4. The van der Waals surface area contributed by atoms with Gasteiger partial charge in [0, 0.05) is 85.2 Å². The van der Waals surface area contributed by atoms with Gasteiger partial charge < -0.3 is 75.4 Å². The van der Waals surface area contributed by atoms with Crippen LogP contribution in [0.1, 0.15) is 122 Å². The fourth-order valence-electron chi connectivity index (χ4n) is 16.2. The summed E-state index contributed by atoms with van der Waals surface area (Å²) in [5.74, 6) is -8.88. The van der Waals surface area contributed by atoms with E-state index >= 15 is 4.79 Å². The molecule has 3 aliphatic carbocycles. The largest absolute Gasteiger partial charge is 0.456 e. The molecule has 1 aliphatic heterocycles. The summed E-state index contributed by atoms with van der Waals surface area (Å²) in [5, 5.41) is 58.7. The quantitative estimate of drug-likeness (QED) is 0.00873. The first-order valence-corrected chi connectivity index (χ1v) is 44.8. The number of fused-ring (bicyclic) bond motifs is 7. The molecule has 11 atom stereocenters. The number of H-pyrrole nitrogens is 1. The summed E-state index contributed by atoms with van der Waals surface area (Å²) in [6.45, 7) is 15.0. The molecule has 36 heteroatoms. The number of esters is 4. The maximum absolute atomic E-state index is 16.4. The number of aliphatic hydroxyl groups excluding tert-OH is 2. The van der Waals surface area contributed by atoms with Crippen molar-refractivity contribution in [1.82, 2.24) is 45.7 Å². The molecule has 0 spiro atoms. The van der Waals surface area contributed by atoms with Crippen molar-refractivity contribution in [3.8, 4) is 0 Å². The number of aromatic nitrogens is 6. The van der Waals surface area contributed by atoms with E-state index in [1.807, 2.05) is 26.2 Å². The zero-order valence-corrected chi connectivity index (χ0v) is 68.9. The van der Waals surface area contributed by atoms with Crippen LogP contribution in [0.5, 0.6) is 0 Å². The predicted molar refractivity (Wildman–Crippen MR) is 432 cm³/mol. The summed E-state index contributed by atoms with van der Waals surface area (Å²) in [4.78, 5) is 185. The Morgan fingerprint density at radius 1 is 0.773 bits per heavy atom. The molecule has 119 heavy (non-hydrogen) atoms. The molecular formula is C83H94N12O22Si2. The van der Waals surface area contributed by atoms with Crippen molar-refractivity contribution in [2.75, 3.05) is 35.7 Å². The average molecular weight is 1670 g/mol. The Hall–Kier alpha value is -12.2. The Morgan fingerprint density at radius 2 is 1.42 bits per heavy atom. The summed E-state index contributed by atoms with van der Waals surface area (Å²) in [5.41, 5.74) is -1.22. The number of nitrogens with two attached hydrogens (primary N) is 1. The number of aromatic amines is 1. The van der Waals surface area contributed by atoms with Crippen LogP contribution in [-0.4, -0.2) is 188 Å². The lowest BCUT2D eigenvalue weighted by atomic mass is 9.44. The van der Waals surface area contributed by atoms with E-state index in [2.05, 4.69) is 51.6 Å². The van der Waals surface area contributed by atoms with Crippen molar-refractivity contribution in [2.24, 2.45) is 16.7 Å². The van der Waals surface area contributed by atoms with E-state index in [9.17, 15) is 63.3 Å². The summed E-state index contributed by atoms with van der Waals surface area (Å²) in [6, 6.07) is 34.5. The first-order chi connectivity index (χ1) is 56.4. The number of hydrogen-bond acceptors (Lipinski definition) is 28. The minimum atomic E-state index is -2.79. The Balaban J connectivity index is 0.00000455. The van der Waals surface area contributed by atoms with E-state index in [1.54, 1.807) is 121 Å². The Kier molecular flexibility index (Phi) is 26.8. The van der Waals surface area contributed by atoms with E-state index in [0.717, 1.165) is 6.92 Å². The van der Waals surface area contributed by atoms with E-state index in [-0.39, 0.29) is 102 Å². The number of aryl methyl sites for hydroxylation is 1. The molecule has 1 saturated heterocycles. The average Bonchev–Trinajstić information content (AvgIpc) is 0.667. The van der Waals surface area contributed by atoms with Crippen molar-refractivity contribution in [3.05, 3.63) is 206 Å². The van der Waals surface area contributed by atoms with Gasteiger partial charge in [-0.05, 0) is 136 Å².